The molecule has 0 amide bonds. The van der Waals surface area contributed by atoms with Gasteiger partial charge >= 0.3 is 11.9 Å². The third-order valence-electron chi connectivity index (χ3n) is 3.39. The van der Waals surface area contributed by atoms with Gasteiger partial charge in [-0.2, -0.15) is 0 Å². The zero-order valence-electron chi connectivity index (χ0n) is 14.6. The van der Waals surface area contributed by atoms with Gasteiger partial charge in [-0.3, -0.25) is 14.4 Å². The van der Waals surface area contributed by atoms with Crippen molar-refractivity contribution in [1.29, 1.82) is 0 Å². The lowest BCUT2D eigenvalue weighted by atomic mass is 10.1. The Balaban J connectivity index is 2.56. The van der Waals surface area contributed by atoms with E-state index in [1.807, 2.05) is 30.4 Å². The van der Waals surface area contributed by atoms with E-state index in [2.05, 4.69) is 12.1 Å². The predicted molar refractivity (Wildman–Crippen MR) is 91.6 cm³/mol. The number of carbonyl (C=O) groups excluding carboxylic acids is 3. The molecule has 0 fully saturated rings. The van der Waals surface area contributed by atoms with Crippen molar-refractivity contribution in [1.82, 2.24) is 0 Å². The van der Waals surface area contributed by atoms with E-state index in [1.54, 1.807) is 0 Å². The normalized spacial score (nSPS) is 13.0. The quantitative estimate of drug-likeness (QED) is 0.265. The molecule has 0 aliphatic heterocycles. The molecule has 0 N–H and O–H groups in total. The van der Waals surface area contributed by atoms with Gasteiger partial charge in [0, 0.05) is 20.3 Å². The van der Waals surface area contributed by atoms with Gasteiger partial charge in [0.05, 0.1) is 0 Å². The maximum absolute atomic E-state index is 11.3. The Morgan fingerprint density at radius 3 is 2.36 bits per heavy atom. The van der Waals surface area contributed by atoms with Crippen LogP contribution >= 0.6 is 0 Å². The molecule has 0 radical (unpaired) electrons. The van der Waals surface area contributed by atoms with Gasteiger partial charge in [0.15, 0.2) is 6.10 Å². The van der Waals surface area contributed by atoms with Crippen LogP contribution in [0.4, 0.5) is 0 Å². The maximum atomic E-state index is 11.3. The van der Waals surface area contributed by atoms with E-state index < -0.39 is 24.1 Å². The van der Waals surface area contributed by atoms with E-state index in [-0.39, 0.29) is 13.1 Å². The van der Waals surface area contributed by atoms with Gasteiger partial charge in [0.1, 0.15) is 12.7 Å². The van der Waals surface area contributed by atoms with Crippen LogP contribution in [0, 0.1) is 0 Å². The molecule has 2 atom stereocenters. The number of allylic oxidation sites excluding steroid dienone is 1. The highest BCUT2D eigenvalue weighted by Crippen LogP contribution is 2.12. The first-order valence-corrected chi connectivity index (χ1v) is 8.11. The van der Waals surface area contributed by atoms with Crippen LogP contribution in [-0.2, 0) is 35.0 Å². The van der Waals surface area contributed by atoms with E-state index in [1.165, 1.54) is 19.4 Å². The molecule has 1 aromatic carbocycles. The van der Waals surface area contributed by atoms with Crippen molar-refractivity contribution >= 4 is 18.4 Å². The van der Waals surface area contributed by atoms with E-state index in [9.17, 15) is 14.4 Å². The topological polar surface area (TPSA) is 78.9 Å². The smallest absolute Gasteiger partial charge is 0.303 e. The van der Waals surface area contributed by atoms with Gasteiger partial charge in [0.25, 0.3) is 6.47 Å². The molecule has 25 heavy (non-hydrogen) atoms. The Bertz CT molecular complexity index is 567. The van der Waals surface area contributed by atoms with E-state index in [4.69, 9.17) is 14.2 Å². The summed E-state index contributed by atoms with van der Waals surface area (Å²) in [5, 5.41) is 0. The molecule has 6 nitrogen and oxygen atoms in total. The molecule has 1 rings (SSSR count). The monoisotopic (exact) mass is 348 g/mol. The molecule has 0 heterocycles. The van der Waals surface area contributed by atoms with Gasteiger partial charge in [-0.25, -0.2) is 0 Å². The third-order valence-corrected chi connectivity index (χ3v) is 3.39. The molecule has 0 saturated carbocycles. The minimum Gasteiger partial charge on any atom is -0.462 e. The first-order valence-electron chi connectivity index (χ1n) is 8.11. The molecule has 0 unspecified atom stereocenters. The standard InChI is InChI=1S/C19H24O6/c1-15(21)23-13-19(24-14-20)18(25-16(2)22)12-8-4-7-11-17-9-5-3-6-10-17/h3-6,8-10,14,18-19H,7,11-13H2,1-2H3/b8-4+/t18-,19+/m0/s1. The highest BCUT2D eigenvalue weighted by Gasteiger charge is 2.26. The van der Waals surface area contributed by atoms with E-state index in [0.717, 1.165) is 12.8 Å². The largest absolute Gasteiger partial charge is 0.462 e. The number of carbonyl (C=O) groups is 3. The number of hydrogen-bond donors (Lipinski definition) is 0. The molecule has 0 aromatic heterocycles. The molecule has 0 bridgehead atoms. The number of benzene rings is 1. The number of ether oxygens (including phenoxy) is 3. The van der Waals surface area contributed by atoms with E-state index >= 15 is 0 Å². The van der Waals surface area contributed by atoms with Crippen LogP contribution in [0.2, 0.25) is 0 Å². The van der Waals surface area contributed by atoms with Crippen LogP contribution in [0.15, 0.2) is 42.5 Å². The lowest BCUT2D eigenvalue weighted by Crippen LogP contribution is -2.36. The molecule has 0 aliphatic rings. The van der Waals surface area contributed by atoms with Crippen molar-refractivity contribution in [3.63, 3.8) is 0 Å². The molecular weight excluding hydrogens is 324 g/mol. The average molecular weight is 348 g/mol. The lowest BCUT2D eigenvalue weighted by molar-refractivity contribution is -0.166. The molecule has 136 valence electrons. The van der Waals surface area contributed by atoms with Crippen LogP contribution in [0.3, 0.4) is 0 Å². The second-order valence-electron chi connectivity index (χ2n) is 5.45. The zero-order valence-corrected chi connectivity index (χ0v) is 14.6. The van der Waals surface area contributed by atoms with Gasteiger partial charge in [-0.05, 0) is 18.4 Å². The Morgan fingerprint density at radius 1 is 1.04 bits per heavy atom. The molecule has 0 spiro atoms. The summed E-state index contributed by atoms with van der Waals surface area (Å²) in [4.78, 5) is 32.9. The molecule has 1 aromatic rings. The van der Waals surface area contributed by atoms with Crippen LogP contribution in [0.1, 0.15) is 32.3 Å². The summed E-state index contributed by atoms with van der Waals surface area (Å²) in [6.07, 6.45) is 4.38. The second-order valence-corrected chi connectivity index (χ2v) is 5.45. The Hall–Kier alpha value is -2.63. The summed E-state index contributed by atoms with van der Waals surface area (Å²) < 4.78 is 15.0. The van der Waals surface area contributed by atoms with Crippen molar-refractivity contribution in [2.45, 2.75) is 45.3 Å². The fourth-order valence-corrected chi connectivity index (χ4v) is 2.24. The highest BCUT2D eigenvalue weighted by molar-refractivity contribution is 5.66. The van der Waals surface area contributed by atoms with Crippen LogP contribution in [0.5, 0.6) is 0 Å². The minimum absolute atomic E-state index is 0.163. The Labute approximate surface area is 147 Å². The van der Waals surface area contributed by atoms with Crippen molar-refractivity contribution in [3.8, 4) is 0 Å². The van der Waals surface area contributed by atoms with Crippen LogP contribution in [-0.4, -0.2) is 37.2 Å². The molecule has 0 saturated heterocycles. The van der Waals surface area contributed by atoms with Gasteiger partial charge < -0.3 is 14.2 Å². The summed E-state index contributed by atoms with van der Waals surface area (Å²) in [5.74, 6) is -0.996. The summed E-state index contributed by atoms with van der Waals surface area (Å²) in [5.41, 5.74) is 1.24. The number of rotatable bonds is 11. The summed E-state index contributed by atoms with van der Waals surface area (Å²) in [6.45, 7) is 2.62. The maximum Gasteiger partial charge on any atom is 0.303 e. The molecule has 6 heteroatoms. The fourth-order valence-electron chi connectivity index (χ4n) is 2.24. The minimum atomic E-state index is -0.843. The van der Waals surface area contributed by atoms with Crippen molar-refractivity contribution in [2.24, 2.45) is 0 Å². The Morgan fingerprint density at radius 2 is 1.76 bits per heavy atom. The predicted octanol–water partition coefficient (Wildman–Crippen LogP) is 2.60. The second kappa shape index (κ2) is 11.8. The zero-order chi connectivity index (χ0) is 18.5. The molecular formula is C19H24O6. The summed E-state index contributed by atoms with van der Waals surface area (Å²) in [7, 11) is 0. The van der Waals surface area contributed by atoms with Gasteiger partial charge in [-0.1, -0.05) is 42.5 Å². The number of hydrogen-bond acceptors (Lipinski definition) is 6. The highest BCUT2D eigenvalue weighted by atomic mass is 16.6. The Kier molecular flexibility index (Phi) is 9.67. The van der Waals surface area contributed by atoms with Crippen LogP contribution < -0.4 is 0 Å². The first-order chi connectivity index (χ1) is 12.0. The fraction of sp³-hybridized carbons (Fsp3) is 0.421. The van der Waals surface area contributed by atoms with Crippen molar-refractivity contribution in [2.75, 3.05) is 6.61 Å². The lowest BCUT2D eigenvalue weighted by Gasteiger charge is -2.23. The van der Waals surface area contributed by atoms with Crippen molar-refractivity contribution in [3.05, 3.63) is 48.0 Å². The number of aryl methyl sites for hydroxylation is 1. The van der Waals surface area contributed by atoms with Crippen LogP contribution in [0.25, 0.3) is 0 Å². The van der Waals surface area contributed by atoms with Crippen molar-refractivity contribution < 1.29 is 28.6 Å². The van der Waals surface area contributed by atoms with E-state index in [0.29, 0.717) is 6.42 Å². The SMILES string of the molecule is CC(=O)OC[C@@H](OC=O)[C@H](C/C=C/CCc1ccccc1)OC(C)=O. The first kappa shape index (κ1) is 20.4. The number of esters is 2. The van der Waals surface area contributed by atoms with Gasteiger partial charge in [0.2, 0.25) is 0 Å². The average Bonchev–Trinajstić information content (AvgIpc) is 2.58. The summed E-state index contributed by atoms with van der Waals surface area (Å²) in [6, 6.07) is 10.1. The van der Waals surface area contributed by atoms with Gasteiger partial charge in [-0.15, -0.1) is 0 Å². The summed E-state index contributed by atoms with van der Waals surface area (Å²) >= 11 is 0. The third kappa shape index (κ3) is 9.30. The molecule has 0 aliphatic carbocycles.